The van der Waals surface area contributed by atoms with Crippen molar-refractivity contribution < 1.29 is 14.3 Å². The first-order valence-electron chi connectivity index (χ1n) is 7.96. The zero-order valence-corrected chi connectivity index (χ0v) is 13.3. The number of rotatable bonds is 4. The average Bonchev–Trinajstić information content (AvgIpc) is 2.79. The molecule has 0 saturated heterocycles. The van der Waals surface area contributed by atoms with E-state index in [1.54, 1.807) is 7.11 Å². The summed E-state index contributed by atoms with van der Waals surface area (Å²) in [4.78, 5) is 12.4. The zero-order valence-electron chi connectivity index (χ0n) is 13.3. The Kier molecular flexibility index (Phi) is 4.10. The van der Waals surface area contributed by atoms with Crippen molar-refractivity contribution >= 4 is 5.97 Å². The van der Waals surface area contributed by atoms with Crippen molar-refractivity contribution in [3.05, 3.63) is 41.1 Å². The fourth-order valence-electron chi connectivity index (χ4n) is 3.63. The van der Waals surface area contributed by atoms with Crippen molar-refractivity contribution in [2.75, 3.05) is 14.2 Å². The quantitative estimate of drug-likeness (QED) is 0.869. The first-order valence-corrected chi connectivity index (χ1v) is 7.96. The van der Waals surface area contributed by atoms with Crippen LogP contribution in [-0.4, -0.2) is 25.7 Å². The molecule has 22 heavy (non-hydrogen) atoms. The molecule has 1 saturated carbocycles. The van der Waals surface area contributed by atoms with E-state index in [1.807, 2.05) is 31.3 Å². The first-order chi connectivity index (χ1) is 10.7. The van der Waals surface area contributed by atoms with Crippen LogP contribution < -0.4 is 10.1 Å². The van der Waals surface area contributed by atoms with Gasteiger partial charge in [0.1, 0.15) is 5.75 Å². The molecule has 118 valence electrons. The first kappa shape index (κ1) is 14.9. The van der Waals surface area contributed by atoms with Crippen LogP contribution >= 0.6 is 0 Å². The molecule has 3 rings (SSSR count). The summed E-state index contributed by atoms with van der Waals surface area (Å²) in [6.07, 6.45) is 5.93. The van der Waals surface area contributed by atoms with E-state index in [0.717, 1.165) is 48.3 Å². The average molecular weight is 301 g/mol. The predicted molar refractivity (Wildman–Crippen MR) is 84.7 cm³/mol. The highest BCUT2D eigenvalue weighted by molar-refractivity contribution is 5.93. The van der Waals surface area contributed by atoms with Crippen LogP contribution in [0, 0.1) is 0 Å². The third-order valence-electron chi connectivity index (χ3n) is 4.74. The molecule has 0 radical (unpaired) electrons. The molecule has 4 heteroatoms. The maximum Gasteiger partial charge on any atom is 0.337 e. The van der Waals surface area contributed by atoms with Gasteiger partial charge < -0.3 is 14.8 Å². The molecule has 1 fully saturated rings. The lowest BCUT2D eigenvalue weighted by molar-refractivity contribution is -0.149. The second kappa shape index (κ2) is 6.03. The van der Waals surface area contributed by atoms with Gasteiger partial charge in [0.2, 0.25) is 0 Å². The fraction of sp³-hybridized carbons (Fsp3) is 0.500. The molecular formula is C18H23NO3. The molecule has 1 heterocycles. The Hall–Kier alpha value is -1.97. The summed E-state index contributed by atoms with van der Waals surface area (Å²) in [7, 11) is 3.54. The second-order valence-electron chi connectivity index (χ2n) is 6.07. The van der Waals surface area contributed by atoms with Gasteiger partial charge in [0.25, 0.3) is 0 Å². The molecule has 0 amide bonds. The highest BCUT2D eigenvalue weighted by atomic mass is 16.6. The second-order valence-corrected chi connectivity index (χ2v) is 6.07. The number of nitrogens with one attached hydrogen (secondary N) is 1. The van der Waals surface area contributed by atoms with Gasteiger partial charge in [-0.15, -0.1) is 0 Å². The number of esters is 1. The van der Waals surface area contributed by atoms with Crippen LogP contribution in [0.2, 0.25) is 0 Å². The Bertz CT molecular complexity index is 583. The van der Waals surface area contributed by atoms with Gasteiger partial charge in [-0.3, -0.25) is 0 Å². The number of carbonyl (C=O) groups excluding carboxylic acids is 1. The standard InChI is InChI=1S/C18H23NO3/c1-19-16-15(12-13-6-8-14(21-2)9-7-13)17(20)22-18(16)10-4-3-5-11-18/h6-9,19H,3-5,10-12H2,1-2H3. The minimum absolute atomic E-state index is 0.165. The summed E-state index contributed by atoms with van der Waals surface area (Å²) < 4.78 is 11.0. The molecule has 1 spiro atoms. The lowest BCUT2D eigenvalue weighted by Crippen LogP contribution is -2.38. The molecule has 4 nitrogen and oxygen atoms in total. The molecule has 1 N–H and O–H groups in total. The van der Waals surface area contributed by atoms with Crippen LogP contribution in [0.3, 0.4) is 0 Å². The maximum absolute atomic E-state index is 12.4. The molecule has 1 aromatic rings. The largest absolute Gasteiger partial charge is 0.497 e. The van der Waals surface area contributed by atoms with Crippen LogP contribution in [0.15, 0.2) is 35.5 Å². The van der Waals surface area contributed by atoms with E-state index in [0.29, 0.717) is 6.42 Å². The van der Waals surface area contributed by atoms with Crippen LogP contribution in [0.1, 0.15) is 37.7 Å². The summed E-state index contributed by atoms with van der Waals surface area (Å²) in [5.74, 6) is 0.659. The topological polar surface area (TPSA) is 47.6 Å². The summed E-state index contributed by atoms with van der Waals surface area (Å²) >= 11 is 0. The van der Waals surface area contributed by atoms with Crippen LogP contribution in [0.25, 0.3) is 0 Å². The molecule has 2 aliphatic rings. The minimum atomic E-state index is -0.397. The van der Waals surface area contributed by atoms with Gasteiger partial charge >= 0.3 is 5.97 Å². The van der Waals surface area contributed by atoms with Gasteiger partial charge in [0, 0.05) is 13.5 Å². The lowest BCUT2D eigenvalue weighted by Gasteiger charge is -2.34. The Morgan fingerprint density at radius 3 is 2.45 bits per heavy atom. The third-order valence-corrected chi connectivity index (χ3v) is 4.74. The molecule has 1 aliphatic heterocycles. The number of benzene rings is 1. The third kappa shape index (κ3) is 2.58. The molecule has 1 aliphatic carbocycles. The summed E-state index contributed by atoms with van der Waals surface area (Å²) in [6.45, 7) is 0. The van der Waals surface area contributed by atoms with Crippen LogP contribution in [0.4, 0.5) is 0 Å². The summed E-state index contributed by atoms with van der Waals surface area (Å²) in [5, 5.41) is 3.26. The molecular weight excluding hydrogens is 278 g/mol. The molecule has 0 atom stereocenters. The SMILES string of the molecule is CNC1=C(Cc2ccc(OC)cc2)C(=O)OC12CCCCC2. The van der Waals surface area contributed by atoms with E-state index in [-0.39, 0.29) is 5.97 Å². The highest BCUT2D eigenvalue weighted by Crippen LogP contribution is 2.43. The van der Waals surface area contributed by atoms with Crippen molar-refractivity contribution in [1.29, 1.82) is 0 Å². The van der Waals surface area contributed by atoms with E-state index >= 15 is 0 Å². The van der Waals surface area contributed by atoms with E-state index < -0.39 is 5.60 Å². The van der Waals surface area contributed by atoms with Crippen molar-refractivity contribution in [1.82, 2.24) is 5.32 Å². The van der Waals surface area contributed by atoms with Gasteiger partial charge in [-0.05, 0) is 43.4 Å². The fourth-order valence-corrected chi connectivity index (χ4v) is 3.63. The Labute approximate surface area is 131 Å². The van der Waals surface area contributed by atoms with E-state index in [2.05, 4.69) is 5.32 Å². The Morgan fingerprint density at radius 1 is 1.18 bits per heavy atom. The van der Waals surface area contributed by atoms with Gasteiger partial charge in [0.05, 0.1) is 18.4 Å². The van der Waals surface area contributed by atoms with Crippen molar-refractivity contribution in [2.24, 2.45) is 0 Å². The highest BCUT2D eigenvalue weighted by Gasteiger charge is 2.47. The van der Waals surface area contributed by atoms with E-state index in [1.165, 1.54) is 6.42 Å². The molecule has 0 aromatic heterocycles. The van der Waals surface area contributed by atoms with E-state index in [4.69, 9.17) is 9.47 Å². The number of carbonyl (C=O) groups is 1. The van der Waals surface area contributed by atoms with Crippen molar-refractivity contribution in [3.63, 3.8) is 0 Å². The summed E-state index contributed by atoms with van der Waals surface area (Å²) in [6, 6.07) is 7.84. The summed E-state index contributed by atoms with van der Waals surface area (Å²) in [5.41, 5.74) is 2.46. The van der Waals surface area contributed by atoms with Gasteiger partial charge in [0.15, 0.2) is 5.60 Å². The minimum Gasteiger partial charge on any atom is -0.497 e. The van der Waals surface area contributed by atoms with Crippen molar-refractivity contribution in [2.45, 2.75) is 44.1 Å². The number of likely N-dealkylation sites (N-methyl/N-ethyl adjacent to an activating group) is 1. The van der Waals surface area contributed by atoms with Gasteiger partial charge in [-0.25, -0.2) is 4.79 Å². The van der Waals surface area contributed by atoms with Crippen LogP contribution in [-0.2, 0) is 16.0 Å². The predicted octanol–water partition coefficient (Wildman–Crippen LogP) is 2.97. The van der Waals surface area contributed by atoms with Crippen molar-refractivity contribution in [3.8, 4) is 5.75 Å². The Balaban J connectivity index is 1.88. The Morgan fingerprint density at radius 2 is 1.86 bits per heavy atom. The number of hydrogen-bond acceptors (Lipinski definition) is 4. The number of ether oxygens (including phenoxy) is 2. The van der Waals surface area contributed by atoms with E-state index in [9.17, 15) is 4.79 Å². The smallest absolute Gasteiger partial charge is 0.337 e. The molecule has 0 bridgehead atoms. The maximum atomic E-state index is 12.4. The zero-order chi connectivity index (χ0) is 15.6. The number of methoxy groups -OCH3 is 1. The van der Waals surface area contributed by atoms with Gasteiger partial charge in [-0.2, -0.15) is 0 Å². The number of hydrogen-bond donors (Lipinski definition) is 1. The molecule has 0 unspecified atom stereocenters. The molecule has 1 aromatic carbocycles. The normalized spacial score (nSPS) is 20.2. The van der Waals surface area contributed by atoms with Gasteiger partial charge in [-0.1, -0.05) is 18.6 Å². The van der Waals surface area contributed by atoms with Crippen LogP contribution in [0.5, 0.6) is 5.75 Å². The lowest BCUT2D eigenvalue weighted by atomic mass is 9.81. The monoisotopic (exact) mass is 301 g/mol.